The molecule has 9 heteroatoms. The maximum Gasteiger partial charge on any atom is 0.268 e. The average Bonchev–Trinajstić information content (AvgIpc) is 2.84. The standard InChI is InChI=1S/C26H29ClN2O5S/c1-18-6-13-24(34-5)25(14-18)35(31,32)29(21-10-7-19(2)23(27)15-21)17-26(30)28(3)16-20-8-11-22(33-4)12-9-20/h6-15H,16-17H2,1-5H3. The summed E-state index contributed by atoms with van der Waals surface area (Å²) in [5, 5.41) is 0.401. The third-order valence-corrected chi connectivity index (χ3v) is 7.82. The zero-order chi connectivity index (χ0) is 25.8. The van der Waals surface area contributed by atoms with Crippen LogP contribution in [0.5, 0.6) is 11.5 Å². The highest BCUT2D eigenvalue weighted by molar-refractivity contribution is 7.93. The van der Waals surface area contributed by atoms with Gasteiger partial charge in [-0.15, -0.1) is 0 Å². The lowest BCUT2D eigenvalue weighted by molar-refractivity contribution is -0.128. The van der Waals surface area contributed by atoms with E-state index in [2.05, 4.69) is 0 Å². The summed E-state index contributed by atoms with van der Waals surface area (Å²) >= 11 is 6.32. The Morgan fingerprint density at radius 2 is 1.63 bits per heavy atom. The van der Waals surface area contributed by atoms with Gasteiger partial charge in [0.2, 0.25) is 5.91 Å². The van der Waals surface area contributed by atoms with Gasteiger partial charge in [-0.05, 0) is 66.9 Å². The van der Waals surface area contributed by atoms with Crippen LogP contribution in [0, 0.1) is 13.8 Å². The summed E-state index contributed by atoms with van der Waals surface area (Å²) in [6, 6.07) is 17.1. The molecule has 0 atom stereocenters. The molecule has 1 amide bonds. The van der Waals surface area contributed by atoms with Gasteiger partial charge in [0.1, 0.15) is 22.9 Å². The fourth-order valence-electron chi connectivity index (χ4n) is 3.49. The fraction of sp³-hybridized carbons (Fsp3) is 0.269. The summed E-state index contributed by atoms with van der Waals surface area (Å²) in [5.41, 5.74) is 2.71. The quantitative estimate of drug-likeness (QED) is 0.407. The number of rotatable bonds is 9. The number of likely N-dealkylation sites (N-methyl/N-ethyl adjacent to an activating group) is 1. The minimum Gasteiger partial charge on any atom is -0.497 e. The van der Waals surface area contributed by atoms with Gasteiger partial charge in [0, 0.05) is 18.6 Å². The van der Waals surface area contributed by atoms with Crippen molar-refractivity contribution in [2.24, 2.45) is 0 Å². The van der Waals surface area contributed by atoms with Crippen molar-refractivity contribution in [2.75, 3.05) is 32.1 Å². The van der Waals surface area contributed by atoms with Gasteiger partial charge in [-0.2, -0.15) is 0 Å². The molecule has 0 bridgehead atoms. The molecule has 0 radical (unpaired) electrons. The molecule has 0 aliphatic rings. The van der Waals surface area contributed by atoms with E-state index in [1.807, 2.05) is 31.2 Å². The van der Waals surface area contributed by atoms with Crippen molar-refractivity contribution in [3.05, 3.63) is 82.4 Å². The normalized spacial score (nSPS) is 11.1. The lowest BCUT2D eigenvalue weighted by Gasteiger charge is -2.27. The molecule has 3 aromatic carbocycles. The number of benzene rings is 3. The molecule has 0 fully saturated rings. The number of sulfonamides is 1. The third kappa shape index (κ3) is 6.07. The maximum atomic E-state index is 13.9. The Hall–Kier alpha value is -3.23. The van der Waals surface area contributed by atoms with E-state index >= 15 is 0 Å². The van der Waals surface area contributed by atoms with Crippen molar-refractivity contribution < 1.29 is 22.7 Å². The molecule has 0 aliphatic carbocycles. The van der Waals surface area contributed by atoms with E-state index in [0.29, 0.717) is 17.3 Å². The first kappa shape index (κ1) is 26.4. The van der Waals surface area contributed by atoms with Gasteiger partial charge < -0.3 is 14.4 Å². The molecule has 0 unspecified atom stereocenters. The molecule has 186 valence electrons. The molecule has 0 saturated carbocycles. The largest absolute Gasteiger partial charge is 0.497 e. The Kier molecular flexibility index (Phi) is 8.30. The Morgan fingerprint density at radius 1 is 0.943 bits per heavy atom. The van der Waals surface area contributed by atoms with Gasteiger partial charge in [0.25, 0.3) is 10.0 Å². The van der Waals surface area contributed by atoms with E-state index in [4.69, 9.17) is 21.1 Å². The van der Waals surface area contributed by atoms with Gasteiger partial charge in [-0.3, -0.25) is 9.10 Å². The van der Waals surface area contributed by atoms with Crippen molar-refractivity contribution in [3.8, 4) is 11.5 Å². The van der Waals surface area contributed by atoms with E-state index in [1.54, 1.807) is 51.4 Å². The lowest BCUT2D eigenvalue weighted by atomic mass is 10.2. The second-order valence-electron chi connectivity index (χ2n) is 8.20. The molecule has 3 aromatic rings. The third-order valence-electron chi connectivity index (χ3n) is 5.61. The number of carbonyl (C=O) groups is 1. The van der Waals surface area contributed by atoms with Gasteiger partial charge in [0.05, 0.1) is 19.9 Å². The second-order valence-corrected chi connectivity index (χ2v) is 10.4. The van der Waals surface area contributed by atoms with Crippen LogP contribution in [0.1, 0.15) is 16.7 Å². The molecule has 0 spiro atoms. The molecule has 0 aromatic heterocycles. The number of aryl methyl sites for hydroxylation is 2. The Bertz CT molecular complexity index is 1310. The first-order valence-corrected chi connectivity index (χ1v) is 12.7. The zero-order valence-corrected chi connectivity index (χ0v) is 22.0. The summed E-state index contributed by atoms with van der Waals surface area (Å²) in [6.45, 7) is 3.51. The van der Waals surface area contributed by atoms with Crippen molar-refractivity contribution in [1.82, 2.24) is 4.90 Å². The number of halogens is 1. The van der Waals surface area contributed by atoms with Crippen LogP contribution in [0.2, 0.25) is 5.02 Å². The van der Waals surface area contributed by atoms with Gasteiger partial charge in [0.15, 0.2) is 0 Å². The summed E-state index contributed by atoms with van der Waals surface area (Å²) in [4.78, 5) is 14.7. The summed E-state index contributed by atoms with van der Waals surface area (Å²) in [7, 11) is 0.449. The maximum absolute atomic E-state index is 13.9. The highest BCUT2D eigenvalue weighted by Crippen LogP contribution is 2.32. The van der Waals surface area contributed by atoms with Crippen LogP contribution in [-0.4, -0.2) is 47.0 Å². The van der Waals surface area contributed by atoms with Crippen LogP contribution >= 0.6 is 11.6 Å². The first-order chi connectivity index (χ1) is 16.6. The van der Waals surface area contributed by atoms with Crippen LogP contribution in [0.25, 0.3) is 0 Å². The van der Waals surface area contributed by atoms with E-state index in [0.717, 1.165) is 21.0 Å². The minimum atomic E-state index is -4.17. The number of ether oxygens (including phenoxy) is 2. The molecule has 0 N–H and O–H groups in total. The molecule has 3 rings (SSSR count). The molecule has 35 heavy (non-hydrogen) atoms. The van der Waals surface area contributed by atoms with Gasteiger partial charge >= 0.3 is 0 Å². The van der Waals surface area contributed by atoms with Crippen molar-refractivity contribution in [2.45, 2.75) is 25.3 Å². The number of nitrogens with zero attached hydrogens (tertiary/aromatic N) is 2. The number of anilines is 1. The van der Waals surface area contributed by atoms with E-state index in [1.165, 1.54) is 18.1 Å². The highest BCUT2D eigenvalue weighted by atomic mass is 35.5. The van der Waals surface area contributed by atoms with Crippen molar-refractivity contribution in [1.29, 1.82) is 0 Å². The lowest BCUT2D eigenvalue weighted by Crippen LogP contribution is -2.41. The SMILES string of the molecule is COc1ccc(CN(C)C(=O)CN(c2ccc(C)c(Cl)c2)S(=O)(=O)c2cc(C)ccc2OC)cc1. The predicted molar refractivity (Wildman–Crippen MR) is 138 cm³/mol. The Balaban J connectivity index is 1.98. The van der Waals surface area contributed by atoms with E-state index in [-0.39, 0.29) is 22.2 Å². The molecular formula is C26H29ClN2O5S. The smallest absolute Gasteiger partial charge is 0.268 e. The topological polar surface area (TPSA) is 76.2 Å². The number of carbonyl (C=O) groups excluding carboxylic acids is 1. The summed E-state index contributed by atoms with van der Waals surface area (Å²) in [5.74, 6) is 0.522. The first-order valence-electron chi connectivity index (χ1n) is 10.9. The molecule has 0 heterocycles. The van der Waals surface area contributed by atoms with E-state index < -0.39 is 16.6 Å². The highest BCUT2D eigenvalue weighted by Gasteiger charge is 2.31. The fourth-order valence-corrected chi connectivity index (χ4v) is 5.32. The predicted octanol–water partition coefficient (Wildman–Crippen LogP) is 4.83. The molecule has 0 saturated heterocycles. The molecule has 0 aliphatic heterocycles. The monoisotopic (exact) mass is 516 g/mol. The van der Waals surface area contributed by atoms with Crippen LogP contribution in [-0.2, 0) is 21.4 Å². The zero-order valence-electron chi connectivity index (χ0n) is 20.4. The number of hydrogen-bond donors (Lipinski definition) is 0. The van der Waals surface area contributed by atoms with Crippen LogP contribution in [0.15, 0.2) is 65.6 Å². The average molecular weight is 517 g/mol. The summed E-state index contributed by atoms with van der Waals surface area (Å²) < 4.78 is 39.3. The van der Waals surface area contributed by atoms with Crippen LogP contribution in [0.4, 0.5) is 5.69 Å². The number of methoxy groups -OCH3 is 2. The molecule has 7 nitrogen and oxygen atoms in total. The van der Waals surface area contributed by atoms with Crippen molar-refractivity contribution in [3.63, 3.8) is 0 Å². The van der Waals surface area contributed by atoms with Crippen LogP contribution in [0.3, 0.4) is 0 Å². The van der Waals surface area contributed by atoms with Gasteiger partial charge in [-0.25, -0.2) is 8.42 Å². The number of amides is 1. The van der Waals surface area contributed by atoms with Crippen molar-refractivity contribution >= 4 is 33.2 Å². The summed E-state index contributed by atoms with van der Waals surface area (Å²) in [6.07, 6.45) is 0. The Labute approximate surface area is 211 Å². The minimum absolute atomic E-state index is 0.0256. The van der Waals surface area contributed by atoms with E-state index in [9.17, 15) is 13.2 Å². The van der Waals surface area contributed by atoms with Crippen LogP contribution < -0.4 is 13.8 Å². The van der Waals surface area contributed by atoms with Gasteiger partial charge in [-0.1, -0.05) is 35.9 Å². The second kappa shape index (κ2) is 11.0. The molecular weight excluding hydrogens is 488 g/mol. The Morgan fingerprint density at radius 3 is 2.23 bits per heavy atom. The number of hydrogen-bond acceptors (Lipinski definition) is 5.